The summed E-state index contributed by atoms with van der Waals surface area (Å²) in [6, 6.07) is 9.54. The summed E-state index contributed by atoms with van der Waals surface area (Å²) in [5.41, 5.74) is 0.688. The van der Waals surface area contributed by atoms with Gasteiger partial charge in [0.15, 0.2) is 0 Å². The molecule has 0 spiro atoms. The zero-order valence-electron chi connectivity index (χ0n) is 12.6. The summed E-state index contributed by atoms with van der Waals surface area (Å²) in [7, 11) is 0. The van der Waals surface area contributed by atoms with Gasteiger partial charge in [-0.1, -0.05) is 31.0 Å². The highest BCUT2D eigenvalue weighted by Gasteiger charge is 2.27. The number of hydrogen-bond acceptors (Lipinski definition) is 3. The first-order valence-electron chi connectivity index (χ1n) is 7.74. The first-order chi connectivity index (χ1) is 10.2. The third kappa shape index (κ3) is 4.31. The standard InChI is InChI=1S/C17H23NO3/c1-2-21-16(19)12-13-18(15-10-6-7-11-15)17(20)14-8-4-3-5-9-14/h3-5,8-9,15H,2,6-7,10-13H2,1H3. The summed E-state index contributed by atoms with van der Waals surface area (Å²) in [6.45, 7) is 2.62. The molecular weight excluding hydrogens is 266 g/mol. The van der Waals surface area contributed by atoms with Gasteiger partial charge in [0.05, 0.1) is 13.0 Å². The molecule has 21 heavy (non-hydrogen) atoms. The highest BCUT2D eigenvalue weighted by Crippen LogP contribution is 2.25. The lowest BCUT2D eigenvalue weighted by atomic mass is 10.1. The van der Waals surface area contributed by atoms with Crippen LogP contribution in [0.4, 0.5) is 0 Å². The summed E-state index contributed by atoms with van der Waals surface area (Å²) in [5.74, 6) is -0.215. The highest BCUT2D eigenvalue weighted by molar-refractivity contribution is 5.94. The number of esters is 1. The molecule has 1 fully saturated rings. The molecule has 1 saturated carbocycles. The minimum absolute atomic E-state index is 0.0202. The zero-order valence-corrected chi connectivity index (χ0v) is 12.6. The molecule has 1 amide bonds. The molecular formula is C17H23NO3. The second kappa shape index (κ2) is 7.81. The van der Waals surface area contributed by atoms with Crippen LogP contribution in [0.25, 0.3) is 0 Å². The number of nitrogens with zero attached hydrogens (tertiary/aromatic N) is 1. The highest BCUT2D eigenvalue weighted by atomic mass is 16.5. The van der Waals surface area contributed by atoms with Crippen molar-refractivity contribution in [2.24, 2.45) is 0 Å². The van der Waals surface area contributed by atoms with Crippen LogP contribution in [-0.4, -0.2) is 36.0 Å². The molecule has 4 heteroatoms. The zero-order chi connectivity index (χ0) is 15.1. The average molecular weight is 289 g/mol. The number of ether oxygens (including phenoxy) is 1. The SMILES string of the molecule is CCOC(=O)CCN(C(=O)c1ccccc1)C1CCCC1. The van der Waals surface area contributed by atoms with Crippen molar-refractivity contribution in [3.63, 3.8) is 0 Å². The topological polar surface area (TPSA) is 46.6 Å². The Morgan fingerprint density at radius 2 is 1.86 bits per heavy atom. The van der Waals surface area contributed by atoms with Crippen molar-refractivity contribution in [2.75, 3.05) is 13.2 Å². The summed E-state index contributed by atoms with van der Waals surface area (Å²) in [5, 5.41) is 0. The fraction of sp³-hybridized carbons (Fsp3) is 0.529. The molecule has 0 unspecified atom stereocenters. The Balaban J connectivity index is 2.05. The Bertz CT molecular complexity index is 466. The van der Waals surface area contributed by atoms with Gasteiger partial charge in [0.2, 0.25) is 0 Å². The number of carbonyl (C=O) groups is 2. The lowest BCUT2D eigenvalue weighted by molar-refractivity contribution is -0.143. The molecule has 0 bridgehead atoms. The predicted octanol–water partition coefficient (Wildman–Crippen LogP) is 3.02. The molecule has 1 aromatic rings. The van der Waals surface area contributed by atoms with E-state index in [2.05, 4.69) is 0 Å². The Hall–Kier alpha value is -1.84. The first kappa shape index (κ1) is 15.5. The van der Waals surface area contributed by atoms with Crippen LogP contribution >= 0.6 is 0 Å². The molecule has 0 heterocycles. The van der Waals surface area contributed by atoms with E-state index >= 15 is 0 Å². The smallest absolute Gasteiger partial charge is 0.307 e. The summed E-state index contributed by atoms with van der Waals surface area (Å²) in [4.78, 5) is 26.1. The van der Waals surface area contributed by atoms with Gasteiger partial charge in [-0.05, 0) is 31.9 Å². The monoisotopic (exact) mass is 289 g/mol. The molecule has 0 N–H and O–H groups in total. The van der Waals surface area contributed by atoms with Gasteiger partial charge < -0.3 is 9.64 Å². The van der Waals surface area contributed by atoms with E-state index in [9.17, 15) is 9.59 Å². The molecule has 0 saturated heterocycles. The van der Waals surface area contributed by atoms with Crippen molar-refractivity contribution in [2.45, 2.75) is 45.1 Å². The van der Waals surface area contributed by atoms with Gasteiger partial charge in [-0.25, -0.2) is 0 Å². The number of carbonyl (C=O) groups excluding carboxylic acids is 2. The lowest BCUT2D eigenvalue weighted by Gasteiger charge is -2.29. The molecule has 0 aromatic heterocycles. The minimum Gasteiger partial charge on any atom is -0.466 e. The van der Waals surface area contributed by atoms with E-state index in [1.807, 2.05) is 35.2 Å². The quantitative estimate of drug-likeness (QED) is 0.756. The fourth-order valence-corrected chi connectivity index (χ4v) is 2.86. The van der Waals surface area contributed by atoms with Crippen molar-refractivity contribution >= 4 is 11.9 Å². The van der Waals surface area contributed by atoms with E-state index in [4.69, 9.17) is 4.74 Å². The van der Waals surface area contributed by atoms with Crippen molar-refractivity contribution in [1.82, 2.24) is 4.90 Å². The summed E-state index contributed by atoms with van der Waals surface area (Å²) in [6.07, 6.45) is 4.64. The molecule has 0 aliphatic heterocycles. The number of rotatable bonds is 6. The van der Waals surface area contributed by atoms with E-state index in [-0.39, 0.29) is 24.3 Å². The number of amides is 1. The van der Waals surface area contributed by atoms with E-state index < -0.39 is 0 Å². The van der Waals surface area contributed by atoms with Gasteiger partial charge in [-0.15, -0.1) is 0 Å². The maximum Gasteiger partial charge on any atom is 0.307 e. The van der Waals surface area contributed by atoms with Gasteiger partial charge >= 0.3 is 5.97 Å². The predicted molar refractivity (Wildman–Crippen MR) is 81.0 cm³/mol. The summed E-state index contributed by atoms with van der Waals surface area (Å²) < 4.78 is 4.96. The van der Waals surface area contributed by atoms with Crippen LogP contribution in [0, 0.1) is 0 Å². The van der Waals surface area contributed by atoms with Gasteiger partial charge in [0.25, 0.3) is 5.91 Å². The minimum atomic E-state index is -0.235. The molecule has 1 aliphatic rings. The lowest BCUT2D eigenvalue weighted by Crippen LogP contribution is -2.40. The first-order valence-corrected chi connectivity index (χ1v) is 7.74. The van der Waals surface area contributed by atoms with E-state index in [0.717, 1.165) is 25.7 Å². The summed E-state index contributed by atoms with van der Waals surface area (Å²) >= 11 is 0. The third-order valence-electron chi connectivity index (χ3n) is 3.91. The molecule has 0 atom stereocenters. The number of benzene rings is 1. The van der Waals surface area contributed by atoms with Crippen LogP contribution in [0.2, 0.25) is 0 Å². The van der Waals surface area contributed by atoms with Crippen LogP contribution in [0.15, 0.2) is 30.3 Å². The fourth-order valence-electron chi connectivity index (χ4n) is 2.86. The molecule has 1 aromatic carbocycles. The van der Waals surface area contributed by atoms with E-state index in [0.29, 0.717) is 18.7 Å². The third-order valence-corrected chi connectivity index (χ3v) is 3.91. The Morgan fingerprint density at radius 1 is 1.19 bits per heavy atom. The second-order valence-corrected chi connectivity index (χ2v) is 5.36. The van der Waals surface area contributed by atoms with Crippen molar-refractivity contribution < 1.29 is 14.3 Å². The Kier molecular flexibility index (Phi) is 5.78. The number of hydrogen-bond donors (Lipinski definition) is 0. The maximum absolute atomic E-state index is 12.7. The van der Waals surface area contributed by atoms with Crippen LogP contribution in [-0.2, 0) is 9.53 Å². The Morgan fingerprint density at radius 3 is 2.48 bits per heavy atom. The largest absolute Gasteiger partial charge is 0.466 e. The van der Waals surface area contributed by atoms with Crippen LogP contribution < -0.4 is 0 Å². The van der Waals surface area contributed by atoms with E-state index in [1.54, 1.807) is 6.92 Å². The van der Waals surface area contributed by atoms with Crippen molar-refractivity contribution in [3.8, 4) is 0 Å². The average Bonchev–Trinajstić information content (AvgIpc) is 3.02. The molecule has 2 rings (SSSR count). The molecule has 0 radical (unpaired) electrons. The molecule has 1 aliphatic carbocycles. The Labute approximate surface area is 126 Å². The van der Waals surface area contributed by atoms with Gasteiger partial charge in [0.1, 0.15) is 0 Å². The van der Waals surface area contributed by atoms with Crippen LogP contribution in [0.5, 0.6) is 0 Å². The van der Waals surface area contributed by atoms with E-state index in [1.165, 1.54) is 0 Å². The second-order valence-electron chi connectivity index (χ2n) is 5.36. The van der Waals surface area contributed by atoms with Gasteiger partial charge in [-0.3, -0.25) is 9.59 Å². The van der Waals surface area contributed by atoms with Gasteiger partial charge in [-0.2, -0.15) is 0 Å². The molecule has 114 valence electrons. The van der Waals surface area contributed by atoms with Gasteiger partial charge in [0, 0.05) is 18.2 Å². The molecule has 4 nitrogen and oxygen atoms in total. The van der Waals surface area contributed by atoms with Crippen molar-refractivity contribution in [3.05, 3.63) is 35.9 Å². The normalized spacial score (nSPS) is 14.9. The van der Waals surface area contributed by atoms with Crippen LogP contribution in [0.1, 0.15) is 49.4 Å². The van der Waals surface area contributed by atoms with Crippen molar-refractivity contribution in [1.29, 1.82) is 0 Å². The maximum atomic E-state index is 12.7. The van der Waals surface area contributed by atoms with Crippen LogP contribution in [0.3, 0.4) is 0 Å².